The molecular formula is C14H23NO. The Balaban J connectivity index is 2.96. The molecule has 2 nitrogen and oxygen atoms in total. The lowest BCUT2D eigenvalue weighted by Crippen LogP contribution is -2.40. The van der Waals surface area contributed by atoms with Gasteiger partial charge in [-0.3, -0.25) is 0 Å². The van der Waals surface area contributed by atoms with Crippen molar-refractivity contribution in [2.24, 2.45) is 11.7 Å². The zero-order valence-electron chi connectivity index (χ0n) is 10.3. The van der Waals surface area contributed by atoms with Crippen LogP contribution in [-0.2, 0) is 5.41 Å². The quantitative estimate of drug-likeness (QED) is 0.774. The van der Waals surface area contributed by atoms with Crippen LogP contribution in [0, 0.1) is 5.92 Å². The first-order valence-electron chi connectivity index (χ1n) is 6.05. The Morgan fingerprint density at radius 2 is 1.94 bits per heavy atom. The first-order chi connectivity index (χ1) is 7.68. The molecule has 1 aromatic rings. The first-order valence-corrected chi connectivity index (χ1v) is 6.05. The third kappa shape index (κ3) is 2.83. The number of aliphatic hydroxyl groups is 1. The molecule has 0 aliphatic rings. The average Bonchev–Trinajstić information content (AvgIpc) is 2.37. The van der Waals surface area contributed by atoms with Gasteiger partial charge in [-0.05, 0) is 17.9 Å². The van der Waals surface area contributed by atoms with Gasteiger partial charge >= 0.3 is 0 Å². The third-order valence-corrected chi connectivity index (χ3v) is 3.52. The molecule has 0 radical (unpaired) electrons. The van der Waals surface area contributed by atoms with Gasteiger partial charge in [0, 0.05) is 12.0 Å². The van der Waals surface area contributed by atoms with Crippen LogP contribution in [0.2, 0.25) is 0 Å². The van der Waals surface area contributed by atoms with Crippen molar-refractivity contribution in [2.75, 3.05) is 13.2 Å². The minimum absolute atomic E-state index is 0.123. The Morgan fingerprint density at radius 1 is 1.31 bits per heavy atom. The zero-order chi connectivity index (χ0) is 12.0. The number of hydrogen-bond acceptors (Lipinski definition) is 2. The van der Waals surface area contributed by atoms with Crippen molar-refractivity contribution in [3.63, 3.8) is 0 Å². The van der Waals surface area contributed by atoms with Gasteiger partial charge in [-0.1, -0.05) is 50.6 Å². The summed E-state index contributed by atoms with van der Waals surface area (Å²) in [6, 6.07) is 10.1. The Bertz CT molecular complexity index is 293. The molecule has 90 valence electrons. The van der Waals surface area contributed by atoms with Crippen molar-refractivity contribution < 1.29 is 5.11 Å². The average molecular weight is 221 g/mol. The van der Waals surface area contributed by atoms with E-state index >= 15 is 0 Å². The largest absolute Gasteiger partial charge is 0.395 e. The lowest BCUT2D eigenvalue weighted by Gasteiger charge is -2.33. The highest BCUT2D eigenvalue weighted by Gasteiger charge is 2.31. The molecule has 1 rings (SSSR count). The van der Waals surface area contributed by atoms with E-state index in [2.05, 4.69) is 26.0 Å². The molecule has 0 aliphatic heterocycles. The summed E-state index contributed by atoms with van der Waals surface area (Å²) in [7, 11) is 0. The fourth-order valence-electron chi connectivity index (χ4n) is 2.14. The maximum Gasteiger partial charge on any atom is 0.0540 e. The molecule has 1 aromatic carbocycles. The summed E-state index contributed by atoms with van der Waals surface area (Å²) in [6.45, 7) is 5.01. The Hall–Kier alpha value is -0.860. The van der Waals surface area contributed by atoms with Gasteiger partial charge in [0.05, 0.1) is 6.61 Å². The second kappa shape index (κ2) is 6.02. The number of rotatable bonds is 6. The van der Waals surface area contributed by atoms with Crippen molar-refractivity contribution in [3.8, 4) is 0 Å². The van der Waals surface area contributed by atoms with Gasteiger partial charge in [0.2, 0.25) is 0 Å². The van der Waals surface area contributed by atoms with Crippen molar-refractivity contribution in [1.29, 1.82) is 0 Å². The van der Waals surface area contributed by atoms with Gasteiger partial charge in [0.1, 0.15) is 0 Å². The third-order valence-electron chi connectivity index (χ3n) is 3.52. The van der Waals surface area contributed by atoms with Crippen molar-refractivity contribution in [1.82, 2.24) is 0 Å². The van der Waals surface area contributed by atoms with Crippen LogP contribution in [0.15, 0.2) is 30.3 Å². The summed E-state index contributed by atoms with van der Waals surface area (Å²) in [5, 5.41) is 9.69. The molecule has 2 heteroatoms. The second-order valence-electron chi connectivity index (χ2n) is 4.73. The van der Waals surface area contributed by atoms with E-state index in [-0.39, 0.29) is 12.0 Å². The second-order valence-corrected chi connectivity index (χ2v) is 4.73. The number of aliphatic hydroxyl groups excluding tert-OH is 1. The molecule has 2 unspecified atom stereocenters. The molecule has 0 bridgehead atoms. The number of hydrogen-bond donors (Lipinski definition) is 2. The van der Waals surface area contributed by atoms with Gasteiger partial charge in [-0.15, -0.1) is 0 Å². The zero-order valence-corrected chi connectivity index (χ0v) is 10.3. The molecule has 0 heterocycles. The first kappa shape index (κ1) is 13.2. The molecule has 16 heavy (non-hydrogen) atoms. The van der Waals surface area contributed by atoms with Crippen LogP contribution in [0.25, 0.3) is 0 Å². The van der Waals surface area contributed by atoms with Crippen molar-refractivity contribution in [2.45, 2.75) is 32.1 Å². The minimum Gasteiger partial charge on any atom is -0.395 e. The van der Waals surface area contributed by atoms with Gasteiger partial charge < -0.3 is 10.8 Å². The molecule has 3 N–H and O–H groups in total. The standard InChI is InChI=1S/C14H23NO/c1-3-12(2)9-14(10-15,11-16)13-7-5-4-6-8-13/h4-8,12,16H,3,9-11,15H2,1-2H3. The molecule has 0 spiro atoms. The van der Waals surface area contributed by atoms with E-state index in [1.54, 1.807) is 0 Å². The highest BCUT2D eigenvalue weighted by atomic mass is 16.3. The van der Waals surface area contributed by atoms with Crippen LogP contribution in [-0.4, -0.2) is 18.3 Å². The summed E-state index contributed by atoms with van der Waals surface area (Å²) in [6.07, 6.45) is 2.06. The summed E-state index contributed by atoms with van der Waals surface area (Å²) in [5.41, 5.74) is 6.78. The minimum atomic E-state index is -0.267. The van der Waals surface area contributed by atoms with Gasteiger partial charge in [0.15, 0.2) is 0 Å². The van der Waals surface area contributed by atoms with E-state index in [4.69, 9.17) is 5.73 Å². The summed E-state index contributed by atoms with van der Waals surface area (Å²) in [5.74, 6) is 0.580. The highest BCUT2D eigenvalue weighted by Crippen LogP contribution is 2.31. The van der Waals surface area contributed by atoms with Crippen LogP contribution in [0.5, 0.6) is 0 Å². The van der Waals surface area contributed by atoms with Crippen LogP contribution in [0.1, 0.15) is 32.3 Å². The molecular weight excluding hydrogens is 198 g/mol. The highest BCUT2D eigenvalue weighted by molar-refractivity contribution is 5.26. The summed E-state index contributed by atoms with van der Waals surface area (Å²) in [4.78, 5) is 0. The van der Waals surface area contributed by atoms with Crippen LogP contribution in [0.4, 0.5) is 0 Å². The maximum absolute atomic E-state index is 9.69. The molecule has 0 fully saturated rings. The van der Waals surface area contributed by atoms with Gasteiger partial charge in [-0.25, -0.2) is 0 Å². The maximum atomic E-state index is 9.69. The lowest BCUT2D eigenvalue weighted by molar-refractivity contribution is 0.170. The predicted molar refractivity (Wildman–Crippen MR) is 68.3 cm³/mol. The fourth-order valence-corrected chi connectivity index (χ4v) is 2.14. The van der Waals surface area contributed by atoms with Gasteiger partial charge in [-0.2, -0.15) is 0 Å². The van der Waals surface area contributed by atoms with Crippen LogP contribution < -0.4 is 5.73 Å². The Labute approximate surface area is 98.5 Å². The van der Waals surface area contributed by atoms with E-state index in [0.717, 1.165) is 18.4 Å². The van der Waals surface area contributed by atoms with Crippen LogP contribution >= 0.6 is 0 Å². The number of nitrogens with two attached hydrogens (primary N) is 1. The normalized spacial score (nSPS) is 16.8. The molecule has 0 aromatic heterocycles. The monoisotopic (exact) mass is 221 g/mol. The van der Waals surface area contributed by atoms with E-state index in [9.17, 15) is 5.11 Å². The predicted octanol–water partition coefficient (Wildman–Crippen LogP) is 2.31. The molecule has 0 saturated heterocycles. The molecule has 0 amide bonds. The van der Waals surface area contributed by atoms with E-state index < -0.39 is 0 Å². The van der Waals surface area contributed by atoms with E-state index in [0.29, 0.717) is 12.5 Å². The van der Waals surface area contributed by atoms with Crippen molar-refractivity contribution >= 4 is 0 Å². The molecule has 2 atom stereocenters. The lowest BCUT2D eigenvalue weighted by atomic mass is 9.74. The Kier molecular flexibility index (Phi) is 4.97. The fraction of sp³-hybridized carbons (Fsp3) is 0.571. The summed E-state index contributed by atoms with van der Waals surface area (Å²) >= 11 is 0. The SMILES string of the molecule is CCC(C)CC(CN)(CO)c1ccccc1. The Morgan fingerprint density at radius 3 is 2.38 bits per heavy atom. The van der Waals surface area contributed by atoms with Gasteiger partial charge in [0.25, 0.3) is 0 Å². The van der Waals surface area contributed by atoms with E-state index in [1.165, 1.54) is 0 Å². The molecule has 0 saturated carbocycles. The smallest absolute Gasteiger partial charge is 0.0540 e. The van der Waals surface area contributed by atoms with Crippen LogP contribution in [0.3, 0.4) is 0 Å². The molecule has 0 aliphatic carbocycles. The van der Waals surface area contributed by atoms with Crippen molar-refractivity contribution in [3.05, 3.63) is 35.9 Å². The van der Waals surface area contributed by atoms with E-state index in [1.807, 2.05) is 18.2 Å². The summed E-state index contributed by atoms with van der Waals surface area (Å²) < 4.78 is 0. The topological polar surface area (TPSA) is 46.2 Å². The number of benzene rings is 1.